The molecule has 0 aromatic carbocycles. The van der Waals surface area contributed by atoms with Crippen molar-refractivity contribution in [2.24, 2.45) is 0 Å². The largest absolute Gasteiger partial charge is 0.370 e. The van der Waals surface area contributed by atoms with E-state index in [9.17, 15) is 0 Å². The number of aromatic nitrogens is 3. The van der Waals surface area contributed by atoms with Crippen LogP contribution in [0.5, 0.6) is 0 Å². The summed E-state index contributed by atoms with van der Waals surface area (Å²) in [6.45, 7) is 9.31. The van der Waals surface area contributed by atoms with E-state index in [0.29, 0.717) is 0 Å². The fourth-order valence-electron chi connectivity index (χ4n) is 3.98. The quantitative estimate of drug-likeness (QED) is 0.844. The summed E-state index contributed by atoms with van der Waals surface area (Å²) in [5, 5.41) is 4.08. The molecule has 7 nitrogen and oxygen atoms in total. The Labute approximate surface area is 148 Å². The van der Waals surface area contributed by atoms with E-state index in [1.54, 1.807) is 12.4 Å². The molecule has 0 unspecified atom stereocenters. The minimum Gasteiger partial charge on any atom is -0.370 e. The van der Waals surface area contributed by atoms with Crippen LogP contribution in [0.25, 0.3) is 0 Å². The summed E-state index contributed by atoms with van der Waals surface area (Å²) in [7, 11) is 0. The van der Waals surface area contributed by atoms with Gasteiger partial charge in [0.05, 0.1) is 24.4 Å². The molecule has 0 aliphatic carbocycles. The first-order chi connectivity index (χ1) is 12.2. The number of hydrogen-bond donors (Lipinski definition) is 0. The van der Waals surface area contributed by atoms with Gasteiger partial charge in [-0.2, -0.15) is 0 Å². The lowest BCUT2D eigenvalue weighted by molar-refractivity contribution is -0.116. The Morgan fingerprint density at radius 1 is 1.16 bits per heavy atom. The van der Waals surface area contributed by atoms with E-state index in [0.717, 1.165) is 69.6 Å². The number of morpholine rings is 1. The maximum absolute atomic E-state index is 6.29. The number of piperidine rings is 1. The van der Waals surface area contributed by atoms with Gasteiger partial charge in [0.25, 0.3) is 0 Å². The Morgan fingerprint density at radius 3 is 2.76 bits per heavy atom. The van der Waals surface area contributed by atoms with Gasteiger partial charge in [-0.15, -0.1) is 0 Å². The first-order valence-electron chi connectivity index (χ1n) is 8.95. The summed E-state index contributed by atoms with van der Waals surface area (Å²) < 4.78 is 11.6. The molecule has 2 aliphatic heterocycles. The van der Waals surface area contributed by atoms with Crippen molar-refractivity contribution in [2.45, 2.75) is 38.8 Å². The van der Waals surface area contributed by atoms with Crippen LogP contribution in [0.2, 0.25) is 0 Å². The Kier molecular flexibility index (Phi) is 4.43. The first kappa shape index (κ1) is 16.5. The molecule has 0 N–H and O–H groups in total. The second-order valence-corrected chi connectivity index (χ2v) is 7.12. The van der Waals surface area contributed by atoms with E-state index < -0.39 is 0 Å². The number of rotatable bonds is 3. The minimum absolute atomic E-state index is 0.144. The predicted molar refractivity (Wildman–Crippen MR) is 93.4 cm³/mol. The molecule has 2 saturated heterocycles. The van der Waals surface area contributed by atoms with Crippen molar-refractivity contribution in [3.05, 3.63) is 35.5 Å². The van der Waals surface area contributed by atoms with Crippen LogP contribution in [0, 0.1) is 13.8 Å². The highest BCUT2D eigenvalue weighted by molar-refractivity contribution is 5.31. The molecule has 0 radical (unpaired) electrons. The molecule has 134 valence electrons. The molecule has 0 amide bonds. The zero-order valence-corrected chi connectivity index (χ0v) is 14.9. The molecule has 1 spiro atoms. The number of aryl methyl sites for hydroxylation is 2. The van der Waals surface area contributed by atoms with Gasteiger partial charge in [0.2, 0.25) is 5.95 Å². The van der Waals surface area contributed by atoms with Gasteiger partial charge in [-0.25, -0.2) is 9.97 Å². The molecule has 2 fully saturated rings. The highest BCUT2D eigenvalue weighted by atomic mass is 16.5. The summed E-state index contributed by atoms with van der Waals surface area (Å²) in [5.74, 6) is 1.72. The SMILES string of the molecule is Cc1noc(C)c1CN1CCO[C@]2(CCCN(c3ncccn3)C2)C1. The van der Waals surface area contributed by atoms with Gasteiger partial charge in [-0.3, -0.25) is 4.90 Å². The Hall–Kier alpha value is -1.99. The lowest BCUT2D eigenvalue weighted by Crippen LogP contribution is -2.59. The van der Waals surface area contributed by atoms with Gasteiger partial charge >= 0.3 is 0 Å². The van der Waals surface area contributed by atoms with E-state index >= 15 is 0 Å². The predicted octanol–water partition coefficient (Wildman–Crippen LogP) is 1.95. The molecule has 2 aliphatic rings. The lowest BCUT2D eigenvalue weighted by atomic mass is 9.90. The summed E-state index contributed by atoms with van der Waals surface area (Å²) in [5.41, 5.74) is 2.05. The topological polar surface area (TPSA) is 67.5 Å². The zero-order chi connectivity index (χ0) is 17.3. The summed E-state index contributed by atoms with van der Waals surface area (Å²) in [4.78, 5) is 13.5. The van der Waals surface area contributed by atoms with Crippen molar-refractivity contribution in [2.75, 3.05) is 37.7 Å². The number of ether oxygens (including phenoxy) is 1. The number of hydrogen-bond acceptors (Lipinski definition) is 7. The molecule has 0 saturated carbocycles. The third kappa shape index (κ3) is 3.39. The summed E-state index contributed by atoms with van der Waals surface area (Å²) >= 11 is 0. The highest BCUT2D eigenvalue weighted by Crippen LogP contribution is 2.31. The molecule has 0 bridgehead atoms. The van der Waals surface area contributed by atoms with Crippen LogP contribution in [0.4, 0.5) is 5.95 Å². The average Bonchev–Trinajstić information content (AvgIpc) is 2.95. The third-order valence-electron chi connectivity index (χ3n) is 5.26. The number of nitrogens with zero attached hydrogens (tertiary/aromatic N) is 5. The van der Waals surface area contributed by atoms with Gasteiger partial charge in [0.15, 0.2) is 0 Å². The van der Waals surface area contributed by atoms with Crippen molar-refractivity contribution < 1.29 is 9.26 Å². The Balaban J connectivity index is 1.48. The van der Waals surface area contributed by atoms with Crippen molar-refractivity contribution in [1.82, 2.24) is 20.0 Å². The molecule has 2 aromatic heterocycles. The zero-order valence-electron chi connectivity index (χ0n) is 14.9. The summed E-state index contributed by atoms with van der Waals surface area (Å²) in [6.07, 6.45) is 5.77. The maximum atomic E-state index is 6.29. The van der Waals surface area contributed by atoms with Crippen LogP contribution >= 0.6 is 0 Å². The highest BCUT2D eigenvalue weighted by Gasteiger charge is 2.41. The first-order valence-corrected chi connectivity index (χ1v) is 8.95. The van der Waals surface area contributed by atoms with Crippen LogP contribution < -0.4 is 4.90 Å². The Bertz CT molecular complexity index is 696. The van der Waals surface area contributed by atoms with Crippen LogP contribution in [-0.2, 0) is 11.3 Å². The molecular weight excluding hydrogens is 318 g/mol. The van der Waals surface area contributed by atoms with E-state index in [1.165, 1.54) is 5.56 Å². The molecule has 4 heterocycles. The van der Waals surface area contributed by atoms with E-state index in [-0.39, 0.29) is 5.60 Å². The van der Waals surface area contributed by atoms with Gasteiger partial charge in [0.1, 0.15) is 5.76 Å². The van der Waals surface area contributed by atoms with Crippen molar-refractivity contribution >= 4 is 5.95 Å². The average molecular weight is 343 g/mol. The van der Waals surface area contributed by atoms with Gasteiger partial charge < -0.3 is 14.2 Å². The fraction of sp³-hybridized carbons (Fsp3) is 0.611. The minimum atomic E-state index is -0.144. The molecular formula is C18H25N5O2. The third-order valence-corrected chi connectivity index (χ3v) is 5.26. The lowest BCUT2D eigenvalue weighted by Gasteiger charge is -2.48. The second-order valence-electron chi connectivity index (χ2n) is 7.12. The molecule has 2 aromatic rings. The van der Waals surface area contributed by atoms with E-state index in [2.05, 4.69) is 24.9 Å². The van der Waals surface area contributed by atoms with E-state index in [4.69, 9.17) is 9.26 Å². The number of anilines is 1. The normalized spacial score (nSPS) is 24.8. The smallest absolute Gasteiger partial charge is 0.225 e. The van der Waals surface area contributed by atoms with Crippen LogP contribution in [0.15, 0.2) is 23.0 Å². The van der Waals surface area contributed by atoms with Crippen molar-refractivity contribution in [3.63, 3.8) is 0 Å². The maximum Gasteiger partial charge on any atom is 0.225 e. The monoisotopic (exact) mass is 343 g/mol. The van der Waals surface area contributed by atoms with Crippen LogP contribution in [-0.4, -0.2) is 58.4 Å². The molecule has 7 heteroatoms. The van der Waals surface area contributed by atoms with Gasteiger partial charge in [-0.05, 0) is 32.8 Å². The van der Waals surface area contributed by atoms with Gasteiger partial charge in [0, 0.05) is 44.1 Å². The van der Waals surface area contributed by atoms with Gasteiger partial charge in [-0.1, -0.05) is 5.16 Å². The molecule has 4 rings (SSSR count). The fourth-order valence-corrected chi connectivity index (χ4v) is 3.98. The standard InChI is InChI=1S/C18H25N5O2/c1-14-16(15(2)25-21-14)11-22-9-10-24-18(12-22)5-3-8-23(13-18)17-19-6-4-7-20-17/h4,6-7H,3,5,8-13H2,1-2H3/t18-/m1/s1. The van der Waals surface area contributed by atoms with Crippen LogP contribution in [0.3, 0.4) is 0 Å². The molecule has 1 atom stereocenters. The molecule has 25 heavy (non-hydrogen) atoms. The van der Waals surface area contributed by atoms with Crippen molar-refractivity contribution in [1.29, 1.82) is 0 Å². The van der Waals surface area contributed by atoms with Crippen LogP contribution in [0.1, 0.15) is 29.9 Å². The Morgan fingerprint density at radius 2 is 2.00 bits per heavy atom. The van der Waals surface area contributed by atoms with E-state index in [1.807, 2.05) is 19.9 Å². The summed E-state index contributed by atoms with van der Waals surface area (Å²) in [6, 6.07) is 1.85. The second kappa shape index (κ2) is 6.72. The van der Waals surface area contributed by atoms with Crippen molar-refractivity contribution in [3.8, 4) is 0 Å².